The molecular weight excluding hydrogens is 278 g/mol. The number of nitrogens with zero attached hydrogens (tertiary/aromatic N) is 2. The van der Waals surface area contributed by atoms with Gasteiger partial charge in [0.2, 0.25) is 15.9 Å². The Labute approximate surface area is 119 Å². The van der Waals surface area contributed by atoms with Crippen LogP contribution in [0.5, 0.6) is 0 Å². The molecule has 1 N–H and O–H groups in total. The molecule has 0 aliphatic carbocycles. The number of amides is 1. The second-order valence-corrected chi connectivity index (χ2v) is 6.90. The lowest BCUT2D eigenvalue weighted by Gasteiger charge is -2.25. The number of hydrogen-bond acceptors (Lipinski definition) is 4. The van der Waals surface area contributed by atoms with Crippen molar-refractivity contribution in [2.75, 3.05) is 18.8 Å². The van der Waals surface area contributed by atoms with E-state index >= 15 is 0 Å². The Bertz CT molecular complexity index is 545. The van der Waals surface area contributed by atoms with Crippen LogP contribution in [0, 0.1) is 0 Å². The molecule has 1 fully saturated rings. The van der Waals surface area contributed by atoms with Crippen LogP contribution in [0.4, 0.5) is 0 Å². The van der Waals surface area contributed by atoms with Crippen LogP contribution in [0.3, 0.4) is 0 Å². The molecular formula is C13H19N3O3S. The van der Waals surface area contributed by atoms with Gasteiger partial charge in [-0.2, -0.15) is 0 Å². The summed E-state index contributed by atoms with van der Waals surface area (Å²) in [6.45, 7) is 1.21. The van der Waals surface area contributed by atoms with Crippen LogP contribution in [0.2, 0.25) is 0 Å². The van der Waals surface area contributed by atoms with Crippen molar-refractivity contribution in [1.29, 1.82) is 0 Å². The Balaban J connectivity index is 1.75. The second kappa shape index (κ2) is 6.81. The van der Waals surface area contributed by atoms with Gasteiger partial charge in [0.15, 0.2) is 0 Å². The molecule has 1 aliphatic rings. The van der Waals surface area contributed by atoms with Crippen LogP contribution in [0.1, 0.15) is 24.8 Å². The molecule has 1 amide bonds. The molecule has 7 heteroatoms. The fourth-order valence-electron chi connectivity index (χ4n) is 2.11. The molecule has 2 rings (SSSR count). The number of carbonyl (C=O) groups is 1. The van der Waals surface area contributed by atoms with Gasteiger partial charge in [0.1, 0.15) is 0 Å². The van der Waals surface area contributed by atoms with Gasteiger partial charge in [0, 0.05) is 38.4 Å². The highest BCUT2D eigenvalue weighted by atomic mass is 32.2. The van der Waals surface area contributed by atoms with Crippen LogP contribution in [0.15, 0.2) is 24.5 Å². The molecule has 0 saturated carbocycles. The standard InChI is InChI=1S/C13H19N3O3S/c17-13(15-11-12-4-3-6-14-10-12)5-8-16-7-1-2-9-20(16,18)19/h3-4,6,10H,1-2,5,7-9,11H2,(H,15,17). The largest absolute Gasteiger partial charge is 0.352 e. The minimum absolute atomic E-state index is 0.144. The van der Waals surface area contributed by atoms with Crippen molar-refractivity contribution in [2.24, 2.45) is 0 Å². The van der Waals surface area contributed by atoms with Gasteiger partial charge in [-0.25, -0.2) is 12.7 Å². The van der Waals surface area contributed by atoms with E-state index in [4.69, 9.17) is 0 Å². The first-order valence-corrected chi connectivity index (χ1v) is 8.32. The van der Waals surface area contributed by atoms with Crippen molar-refractivity contribution in [2.45, 2.75) is 25.8 Å². The van der Waals surface area contributed by atoms with Crippen LogP contribution < -0.4 is 5.32 Å². The van der Waals surface area contributed by atoms with Gasteiger partial charge in [0.25, 0.3) is 0 Å². The highest BCUT2D eigenvalue weighted by molar-refractivity contribution is 7.89. The number of carbonyl (C=O) groups excluding carboxylic acids is 1. The Morgan fingerprint density at radius 3 is 2.95 bits per heavy atom. The number of nitrogens with one attached hydrogen (secondary N) is 1. The zero-order valence-corrected chi connectivity index (χ0v) is 12.1. The lowest BCUT2D eigenvalue weighted by molar-refractivity contribution is -0.121. The summed E-state index contributed by atoms with van der Waals surface area (Å²) in [5.74, 6) is 0.0548. The van der Waals surface area contributed by atoms with Crippen molar-refractivity contribution in [3.8, 4) is 0 Å². The molecule has 0 unspecified atom stereocenters. The summed E-state index contributed by atoms with van der Waals surface area (Å²) in [5.41, 5.74) is 0.923. The van der Waals surface area contributed by atoms with Gasteiger partial charge < -0.3 is 5.32 Å². The Morgan fingerprint density at radius 2 is 2.25 bits per heavy atom. The maximum Gasteiger partial charge on any atom is 0.221 e. The minimum Gasteiger partial charge on any atom is -0.352 e. The van der Waals surface area contributed by atoms with Crippen molar-refractivity contribution >= 4 is 15.9 Å². The van der Waals surface area contributed by atoms with Crippen LogP contribution in [0.25, 0.3) is 0 Å². The molecule has 1 aliphatic heterocycles. The maximum atomic E-state index is 11.8. The first-order valence-electron chi connectivity index (χ1n) is 6.71. The predicted octanol–water partition coefficient (Wildman–Crippen LogP) is 0.513. The molecule has 20 heavy (non-hydrogen) atoms. The zero-order chi connectivity index (χ0) is 14.4. The molecule has 0 radical (unpaired) electrons. The number of pyridine rings is 1. The topological polar surface area (TPSA) is 79.4 Å². The van der Waals surface area contributed by atoms with E-state index in [1.807, 2.05) is 12.1 Å². The predicted molar refractivity (Wildman–Crippen MR) is 75.3 cm³/mol. The summed E-state index contributed by atoms with van der Waals surface area (Å²) in [6, 6.07) is 3.68. The molecule has 0 bridgehead atoms. The van der Waals surface area contributed by atoms with E-state index in [0.717, 1.165) is 12.0 Å². The monoisotopic (exact) mass is 297 g/mol. The lowest BCUT2D eigenvalue weighted by Crippen LogP contribution is -2.40. The third-order valence-electron chi connectivity index (χ3n) is 3.25. The van der Waals surface area contributed by atoms with Crippen LogP contribution >= 0.6 is 0 Å². The summed E-state index contributed by atoms with van der Waals surface area (Å²) in [4.78, 5) is 15.7. The molecule has 1 saturated heterocycles. The normalized spacial score (nSPS) is 18.6. The summed E-state index contributed by atoms with van der Waals surface area (Å²) in [6.07, 6.45) is 5.14. The van der Waals surface area contributed by atoms with E-state index in [9.17, 15) is 13.2 Å². The van der Waals surface area contributed by atoms with Crippen molar-refractivity contribution < 1.29 is 13.2 Å². The smallest absolute Gasteiger partial charge is 0.221 e. The van der Waals surface area contributed by atoms with E-state index in [0.29, 0.717) is 19.5 Å². The average molecular weight is 297 g/mol. The molecule has 2 heterocycles. The van der Waals surface area contributed by atoms with Crippen LogP contribution in [-0.2, 0) is 21.4 Å². The minimum atomic E-state index is -3.14. The fourth-order valence-corrected chi connectivity index (χ4v) is 3.71. The highest BCUT2D eigenvalue weighted by Crippen LogP contribution is 2.13. The van der Waals surface area contributed by atoms with E-state index in [2.05, 4.69) is 10.3 Å². The average Bonchev–Trinajstić information content (AvgIpc) is 2.44. The first-order chi connectivity index (χ1) is 9.58. The van der Waals surface area contributed by atoms with Gasteiger partial charge >= 0.3 is 0 Å². The van der Waals surface area contributed by atoms with Crippen LogP contribution in [-0.4, -0.2) is 42.5 Å². The number of aromatic nitrogens is 1. The van der Waals surface area contributed by atoms with Gasteiger partial charge in [-0.05, 0) is 24.5 Å². The summed E-state index contributed by atoms with van der Waals surface area (Å²) >= 11 is 0. The SMILES string of the molecule is O=C(CCN1CCCCS1(=O)=O)NCc1cccnc1. The maximum absolute atomic E-state index is 11.8. The summed E-state index contributed by atoms with van der Waals surface area (Å²) < 4.78 is 24.9. The van der Waals surface area contributed by atoms with Crippen molar-refractivity contribution in [3.05, 3.63) is 30.1 Å². The van der Waals surface area contributed by atoms with E-state index in [1.54, 1.807) is 12.4 Å². The first kappa shape index (κ1) is 14.9. The van der Waals surface area contributed by atoms with E-state index < -0.39 is 10.0 Å². The van der Waals surface area contributed by atoms with Gasteiger partial charge in [-0.1, -0.05) is 6.07 Å². The van der Waals surface area contributed by atoms with Gasteiger partial charge in [-0.15, -0.1) is 0 Å². The summed E-state index contributed by atoms with van der Waals surface area (Å²) in [5, 5.41) is 2.77. The van der Waals surface area contributed by atoms with Crippen molar-refractivity contribution in [1.82, 2.24) is 14.6 Å². The second-order valence-electron chi connectivity index (χ2n) is 4.81. The lowest BCUT2D eigenvalue weighted by atomic mass is 10.3. The Hall–Kier alpha value is -1.47. The fraction of sp³-hybridized carbons (Fsp3) is 0.538. The third kappa shape index (κ3) is 4.28. The molecule has 6 nitrogen and oxygen atoms in total. The quantitative estimate of drug-likeness (QED) is 0.859. The number of sulfonamides is 1. The van der Waals surface area contributed by atoms with Gasteiger partial charge in [0.05, 0.1) is 5.75 Å². The Morgan fingerprint density at radius 1 is 1.40 bits per heavy atom. The summed E-state index contributed by atoms with van der Waals surface area (Å²) in [7, 11) is -3.14. The molecule has 1 aromatic heterocycles. The Kier molecular flexibility index (Phi) is 5.08. The van der Waals surface area contributed by atoms with Crippen molar-refractivity contribution in [3.63, 3.8) is 0 Å². The molecule has 110 valence electrons. The van der Waals surface area contributed by atoms with E-state index in [-0.39, 0.29) is 24.6 Å². The molecule has 0 spiro atoms. The third-order valence-corrected chi connectivity index (χ3v) is 5.21. The number of hydrogen-bond donors (Lipinski definition) is 1. The van der Waals surface area contributed by atoms with E-state index in [1.165, 1.54) is 4.31 Å². The zero-order valence-electron chi connectivity index (χ0n) is 11.3. The number of rotatable bonds is 5. The molecule has 0 aromatic carbocycles. The molecule has 1 aromatic rings. The van der Waals surface area contributed by atoms with Gasteiger partial charge in [-0.3, -0.25) is 9.78 Å². The molecule has 0 atom stereocenters. The highest BCUT2D eigenvalue weighted by Gasteiger charge is 2.25.